The minimum absolute atomic E-state index is 0.532. The normalized spacial score (nSPS) is 25.4. The highest BCUT2D eigenvalue weighted by Gasteiger charge is 2.20. The van der Waals surface area contributed by atoms with Gasteiger partial charge in [-0.3, -0.25) is 0 Å². The van der Waals surface area contributed by atoms with Gasteiger partial charge in [-0.1, -0.05) is 0 Å². The van der Waals surface area contributed by atoms with Crippen LogP contribution in [0.25, 0.3) is 0 Å². The van der Waals surface area contributed by atoms with Crippen molar-refractivity contribution in [1.82, 2.24) is 15.5 Å². The van der Waals surface area contributed by atoms with Crippen molar-refractivity contribution in [3.8, 4) is 0 Å². The molecule has 5 nitrogen and oxygen atoms in total. The maximum absolute atomic E-state index is 5.34. The second-order valence-electron chi connectivity index (χ2n) is 5.03. The number of hydrogen-bond acceptors (Lipinski definition) is 5. The zero-order valence-electron chi connectivity index (χ0n) is 10.2. The largest absolute Gasteiger partial charge is 0.338 e. The summed E-state index contributed by atoms with van der Waals surface area (Å²) in [5, 5.41) is 7.55. The highest BCUT2D eigenvalue weighted by Crippen LogP contribution is 2.18. The molecule has 1 unspecified atom stereocenters. The predicted molar refractivity (Wildman–Crippen MR) is 65.1 cm³/mol. The van der Waals surface area contributed by atoms with Crippen molar-refractivity contribution in [2.24, 2.45) is 0 Å². The van der Waals surface area contributed by atoms with Gasteiger partial charge in [-0.25, -0.2) is 0 Å². The number of rotatable bonds is 3. The molecule has 3 heterocycles. The summed E-state index contributed by atoms with van der Waals surface area (Å²) < 4.78 is 5.34. The van der Waals surface area contributed by atoms with Gasteiger partial charge in [0, 0.05) is 25.6 Å². The minimum Gasteiger partial charge on any atom is -0.338 e. The monoisotopic (exact) mass is 236 g/mol. The fourth-order valence-corrected chi connectivity index (χ4v) is 2.69. The smallest absolute Gasteiger partial charge is 0.266 e. The van der Waals surface area contributed by atoms with Crippen LogP contribution in [0.1, 0.15) is 38.0 Å². The number of anilines is 1. The number of nitrogens with zero attached hydrogens (tertiary/aromatic N) is 3. The van der Waals surface area contributed by atoms with Crippen LogP contribution in [-0.4, -0.2) is 35.8 Å². The molecule has 5 heteroatoms. The van der Waals surface area contributed by atoms with E-state index in [0.717, 1.165) is 37.9 Å². The number of aromatic nitrogens is 2. The Bertz CT molecular complexity index is 353. The Kier molecular flexibility index (Phi) is 3.27. The first-order valence-electron chi connectivity index (χ1n) is 6.73. The SMILES string of the molecule is C1CCN(c2noc(CC3CCCN3)n2)CC1. The highest BCUT2D eigenvalue weighted by molar-refractivity contribution is 5.28. The molecule has 3 rings (SSSR count). The van der Waals surface area contributed by atoms with E-state index in [1.54, 1.807) is 0 Å². The van der Waals surface area contributed by atoms with Crippen molar-refractivity contribution in [3.05, 3.63) is 5.89 Å². The zero-order valence-corrected chi connectivity index (χ0v) is 10.2. The summed E-state index contributed by atoms with van der Waals surface area (Å²) in [5.41, 5.74) is 0. The average Bonchev–Trinajstić information content (AvgIpc) is 3.02. The van der Waals surface area contributed by atoms with Crippen LogP contribution in [0.2, 0.25) is 0 Å². The van der Waals surface area contributed by atoms with Crippen LogP contribution >= 0.6 is 0 Å². The van der Waals surface area contributed by atoms with E-state index >= 15 is 0 Å². The van der Waals surface area contributed by atoms with Crippen LogP contribution in [0.3, 0.4) is 0 Å². The van der Waals surface area contributed by atoms with E-state index in [9.17, 15) is 0 Å². The molecule has 2 aliphatic rings. The molecule has 0 aliphatic carbocycles. The van der Waals surface area contributed by atoms with Crippen LogP contribution in [0.5, 0.6) is 0 Å². The molecule has 0 radical (unpaired) electrons. The molecule has 0 spiro atoms. The maximum atomic E-state index is 5.34. The first-order chi connectivity index (χ1) is 8.42. The first kappa shape index (κ1) is 11.0. The summed E-state index contributed by atoms with van der Waals surface area (Å²) >= 11 is 0. The first-order valence-corrected chi connectivity index (χ1v) is 6.73. The molecule has 0 amide bonds. The van der Waals surface area contributed by atoms with Crippen LogP contribution < -0.4 is 10.2 Å². The van der Waals surface area contributed by atoms with Crippen molar-refractivity contribution in [1.29, 1.82) is 0 Å². The molecular formula is C12H20N4O. The molecule has 2 fully saturated rings. The van der Waals surface area contributed by atoms with E-state index in [1.165, 1.54) is 32.1 Å². The quantitative estimate of drug-likeness (QED) is 0.858. The van der Waals surface area contributed by atoms with Crippen LogP contribution in [0, 0.1) is 0 Å². The fraction of sp³-hybridized carbons (Fsp3) is 0.833. The molecule has 1 aromatic heterocycles. The summed E-state index contributed by atoms with van der Waals surface area (Å²) in [7, 11) is 0. The Labute approximate surface area is 102 Å². The van der Waals surface area contributed by atoms with Gasteiger partial charge < -0.3 is 14.7 Å². The number of piperidine rings is 1. The van der Waals surface area contributed by atoms with Gasteiger partial charge in [-0.15, -0.1) is 0 Å². The van der Waals surface area contributed by atoms with Gasteiger partial charge in [-0.2, -0.15) is 4.98 Å². The van der Waals surface area contributed by atoms with E-state index in [-0.39, 0.29) is 0 Å². The van der Waals surface area contributed by atoms with E-state index < -0.39 is 0 Å². The summed E-state index contributed by atoms with van der Waals surface area (Å²) in [6.45, 7) is 3.26. The minimum atomic E-state index is 0.532. The van der Waals surface area contributed by atoms with Crippen molar-refractivity contribution in [2.75, 3.05) is 24.5 Å². The molecule has 1 N–H and O–H groups in total. The van der Waals surface area contributed by atoms with Crippen molar-refractivity contribution in [2.45, 2.75) is 44.6 Å². The summed E-state index contributed by atoms with van der Waals surface area (Å²) in [6, 6.07) is 0.532. The Morgan fingerprint density at radius 3 is 2.88 bits per heavy atom. The second kappa shape index (κ2) is 5.04. The van der Waals surface area contributed by atoms with Crippen molar-refractivity contribution in [3.63, 3.8) is 0 Å². The third-order valence-corrected chi connectivity index (χ3v) is 3.68. The van der Waals surface area contributed by atoms with E-state index in [1.807, 2.05) is 0 Å². The third-order valence-electron chi connectivity index (χ3n) is 3.68. The molecule has 0 bridgehead atoms. The van der Waals surface area contributed by atoms with Gasteiger partial charge in [0.2, 0.25) is 5.89 Å². The molecule has 1 atom stereocenters. The Balaban J connectivity index is 1.60. The Morgan fingerprint density at radius 1 is 1.24 bits per heavy atom. The molecule has 0 saturated carbocycles. The summed E-state index contributed by atoms with van der Waals surface area (Å²) in [4.78, 5) is 6.74. The molecule has 1 aromatic rings. The van der Waals surface area contributed by atoms with Gasteiger partial charge in [0.15, 0.2) is 0 Å². The van der Waals surface area contributed by atoms with Gasteiger partial charge in [-0.05, 0) is 43.8 Å². The maximum Gasteiger partial charge on any atom is 0.266 e. The number of hydrogen-bond donors (Lipinski definition) is 1. The van der Waals surface area contributed by atoms with Gasteiger partial charge in [0.1, 0.15) is 0 Å². The van der Waals surface area contributed by atoms with Gasteiger partial charge in [0.05, 0.1) is 0 Å². The standard InChI is InChI=1S/C12H20N4O/c1-2-7-16(8-3-1)12-14-11(17-15-12)9-10-5-4-6-13-10/h10,13H,1-9H2. The van der Waals surface area contributed by atoms with Crippen molar-refractivity contribution < 1.29 is 4.52 Å². The predicted octanol–water partition coefficient (Wildman–Crippen LogP) is 1.35. The van der Waals surface area contributed by atoms with Crippen LogP contribution in [0.15, 0.2) is 4.52 Å². The number of nitrogens with one attached hydrogen (secondary N) is 1. The molecule has 2 saturated heterocycles. The lowest BCUT2D eigenvalue weighted by molar-refractivity contribution is 0.362. The second-order valence-corrected chi connectivity index (χ2v) is 5.03. The zero-order chi connectivity index (χ0) is 11.5. The summed E-state index contributed by atoms with van der Waals surface area (Å²) in [5.74, 6) is 1.57. The third kappa shape index (κ3) is 2.60. The highest BCUT2D eigenvalue weighted by atomic mass is 16.5. The molecule has 2 aliphatic heterocycles. The van der Waals surface area contributed by atoms with Gasteiger partial charge in [0.25, 0.3) is 5.95 Å². The van der Waals surface area contributed by atoms with E-state index in [0.29, 0.717) is 6.04 Å². The average molecular weight is 236 g/mol. The topological polar surface area (TPSA) is 54.2 Å². The summed E-state index contributed by atoms with van der Waals surface area (Å²) in [6.07, 6.45) is 7.18. The van der Waals surface area contributed by atoms with Crippen LogP contribution in [0.4, 0.5) is 5.95 Å². The lowest BCUT2D eigenvalue weighted by atomic mass is 10.1. The van der Waals surface area contributed by atoms with E-state index in [2.05, 4.69) is 20.4 Å². The van der Waals surface area contributed by atoms with E-state index in [4.69, 9.17) is 4.52 Å². The van der Waals surface area contributed by atoms with Crippen LogP contribution in [-0.2, 0) is 6.42 Å². The van der Waals surface area contributed by atoms with Crippen molar-refractivity contribution >= 4 is 5.95 Å². The van der Waals surface area contributed by atoms with Gasteiger partial charge >= 0.3 is 0 Å². The molecule has 94 valence electrons. The Morgan fingerprint density at radius 2 is 2.12 bits per heavy atom. The molecular weight excluding hydrogens is 216 g/mol. The lowest BCUT2D eigenvalue weighted by Gasteiger charge is -2.24. The lowest BCUT2D eigenvalue weighted by Crippen LogP contribution is -2.30. The Hall–Kier alpha value is -1.10. The molecule has 0 aromatic carbocycles. The molecule has 17 heavy (non-hydrogen) atoms. The fourth-order valence-electron chi connectivity index (χ4n) is 2.69.